The lowest BCUT2D eigenvalue weighted by Gasteiger charge is -2.05. The highest BCUT2D eigenvalue weighted by atomic mass is 35.5. The third kappa shape index (κ3) is 2.37. The number of para-hydroxylation sites is 1. The average molecular weight is 305 g/mol. The molecule has 20 heavy (non-hydrogen) atoms. The number of aldehydes is 1. The number of aromatic nitrogens is 2. The fourth-order valence-electron chi connectivity index (χ4n) is 1.80. The van der Waals surface area contributed by atoms with Crippen LogP contribution in [0.2, 0.25) is 5.15 Å². The van der Waals surface area contributed by atoms with Crippen molar-refractivity contribution >= 4 is 40.1 Å². The molecule has 3 aromatic rings. The largest absolute Gasteiger partial charge is 0.429 e. The lowest BCUT2D eigenvalue weighted by atomic mass is 10.2. The van der Waals surface area contributed by atoms with E-state index in [0.29, 0.717) is 22.1 Å². The number of hydrogen-bond acceptors (Lipinski definition) is 5. The zero-order valence-electron chi connectivity index (χ0n) is 10.5. The first kappa shape index (κ1) is 13.0. The van der Waals surface area contributed by atoms with Crippen molar-refractivity contribution in [3.8, 4) is 10.9 Å². The van der Waals surface area contributed by atoms with Gasteiger partial charge in [-0.3, -0.25) is 4.79 Å². The third-order valence-electron chi connectivity index (χ3n) is 2.72. The number of carbonyl (C=O) groups excluding carboxylic acids is 1. The quantitative estimate of drug-likeness (QED) is 0.678. The maximum absolute atomic E-state index is 10.8. The van der Waals surface area contributed by atoms with Crippen molar-refractivity contribution in [1.82, 2.24) is 9.97 Å². The zero-order chi connectivity index (χ0) is 14.1. The number of nitrogens with zero attached hydrogens (tertiary/aromatic N) is 2. The summed E-state index contributed by atoms with van der Waals surface area (Å²) < 4.78 is 5.71. The van der Waals surface area contributed by atoms with Crippen LogP contribution < -0.4 is 4.74 Å². The van der Waals surface area contributed by atoms with E-state index in [2.05, 4.69) is 9.97 Å². The molecule has 2 aromatic heterocycles. The van der Waals surface area contributed by atoms with E-state index in [4.69, 9.17) is 16.3 Å². The molecule has 0 radical (unpaired) electrons. The summed E-state index contributed by atoms with van der Waals surface area (Å²) in [5.41, 5.74) is 1.66. The van der Waals surface area contributed by atoms with Gasteiger partial charge in [0.2, 0.25) is 0 Å². The van der Waals surface area contributed by atoms with Crippen LogP contribution in [0.5, 0.6) is 10.9 Å². The van der Waals surface area contributed by atoms with E-state index in [-0.39, 0.29) is 5.15 Å². The summed E-state index contributed by atoms with van der Waals surface area (Å²) in [5.74, 6) is 0.592. The Kier molecular flexibility index (Phi) is 3.38. The molecule has 0 bridgehead atoms. The van der Waals surface area contributed by atoms with Gasteiger partial charge in [-0.1, -0.05) is 41.1 Å². The second kappa shape index (κ2) is 5.19. The van der Waals surface area contributed by atoms with Crippen LogP contribution >= 0.6 is 22.9 Å². The van der Waals surface area contributed by atoms with Gasteiger partial charge in [0, 0.05) is 11.1 Å². The van der Waals surface area contributed by atoms with Gasteiger partial charge < -0.3 is 4.74 Å². The van der Waals surface area contributed by atoms with Gasteiger partial charge in [-0.2, -0.15) is 4.98 Å². The number of fused-ring (bicyclic) bond motifs is 1. The Morgan fingerprint density at radius 3 is 2.85 bits per heavy atom. The van der Waals surface area contributed by atoms with Crippen LogP contribution in [0.3, 0.4) is 0 Å². The van der Waals surface area contributed by atoms with Gasteiger partial charge in [0.25, 0.3) is 5.19 Å². The molecule has 0 saturated heterocycles. The molecule has 6 heteroatoms. The highest BCUT2D eigenvalue weighted by Gasteiger charge is 2.12. The Bertz CT molecular complexity index is 801. The first-order chi connectivity index (χ1) is 9.67. The van der Waals surface area contributed by atoms with E-state index in [1.807, 2.05) is 37.3 Å². The first-order valence-electron chi connectivity index (χ1n) is 5.83. The van der Waals surface area contributed by atoms with Gasteiger partial charge in [-0.05, 0) is 19.1 Å². The maximum Gasteiger partial charge on any atom is 0.280 e. The van der Waals surface area contributed by atoms with Crippen LogP contribution in [0.1, 0.15) is 15.4 Å². The number of thiazole rings is 1. The van der Waals surface area contributed by atoms with Gasteiger partial charge in [0.05, 0.1) is 0 Å². The molecule has 4 nitrogen and oxygen atoms in total. The number of halogens is 1. The summed E-state index contributed by atoms with van der Waals surface area (Å²) >= 11 is 6.93. The monoisotopic (exact) mass is 304 g/mol. The summed E-state index contributed by atoms with van der Waals surface area (Å²) in [5, 5.41) is 1.46. The molecular formula is C14H9ClN2O2S. The Morgan fingerprint density at radius 1 is 1.25 bits per heavy atom. The average Bonchev–Trinajstić information content (AvgIpc) is 2.79. The van der Waals surface area contributed by atoms with E-state index >= 15 is 0 Å². The molecule has 0 amide bonds. The molecule has 0 N–H and O–H groups in total. The fourth-order valence-corrected chi connectivity index (χ4v) is 2.73. The molecule has 3 rings (SSSR count). The van der Waals surface area contributed by atoms with Crippen LogP contribution in [0, 0.1) is 6.92 Å². The second-order valence-corrected chi connectivity index (χ2v) is 5.49. The molecule has 0 unspecified atom stereocenters. The molecule has 1 aromatic carbocycles. The van der Waals surface area contributed by atoms with E-state index in [9.17, 15) is 4.79 Å². The summed E-state index contributed by atoms with van der Waals surface area (Å²) in [6.45, 7) is 1.92. The number of pyridine rings is 1. The second-order valence-electron chi connectivity index (χ2n) is 4.14. The van der Waals surface area contributed by atoms with Gasteiger partial charge in [0.1, 0.15) is 10.4 Å². The third-order valence-corrected chi connectivity index (χ3v) is 3.98. The van der Waals surface area contributed by atoms with Crippen LogP contribution in [-0.4, -0.2) is 16.3 Å². The van der Waals surface area contributed by atoms with Crippen molar-refractivity contribution in [2.75, 3.05) is 0 Å². The smallest absolute Gasteiger partial charge is 0.280 e. The molecule has 0 atom stereocenters. The van der Waals surface area contributed by atoms with Crippen LogP contribution in [-0.2, 0) is 0 Å². The Morgan fingerprint density at radius 2 is 2.10 bits per heavy atom. The number of aryl methyl sites for hydroxylation is 1. The Labute approximate surface area is 124 Å². The number of rotatable bonds is 3. The minimum Gasteiger partial charge on any atom is -0.429 e. The molecule has 2 heterocycles. The van der Waals surface area contributed by atoms with Crippen molar-refractivity contribution in [2.45, 2.75) is 6.92 Å². The number of ether oxygens (including phenoxy) is 1. The lowest BCUT2D eigenvalue weighted by Crippen LogP contribution is -1.89. The van der Waals surface area contributed by atoms with E-state index in [1.54, 1.807) is 0 Å². The first-order valence-corrected chi connectivity index (χ1v) is 7.02. The molecular weight excluding hydrogens is 296 g/mol. The maximum atomic E-state index is 10.8. The van der Waals surface area contributed by atoms with E-state index in [0.717, 1.165) is 27.9 Å². The van der Waals surface area contributed by atoms with Crippen molar-refractivity contribution in [2.24, 2.45) is 0 Å². The topological polar surface area (TPSA) is 52.1 Å². The van der Waals surface area contributed by atoms with Gasteiger partial charge >= 0.3 is 0 Å². The minimum absolute atomic E-state index is 0.157. The normalized spacial score (nSPS) is 10.7. The van der Waals surface area contributed by atoms with Gasteiger partial charge in [-0.25, -0.2) is 4.98 Å². The standard InChI is InChI=1S/C14H9ClN2O2S/c1-8-5-6-9-3-2-4-10(12(9)16-8)19-14-17-13(15)11(7-18)20-14/h2-7H,1H3. The molecule has 0 fully saturated rings. The summed E-state index contributed by atoms with van der Waals surface area (Å²) in [4.78, 5) is 19.6. The van der Waals surface area contributed by atoms with Crippen molar-refractivity contribution in [3.05, 3.63) is 46.1 Å². The van der Waals surface area contributed by atoms with Crippen LogP contribution in [0.15, 0.2) is 30.3 Å². The summed E-state index contributed by atoms with van der Waals surface area (Å²) in [6.07, 6.45) is 0.665. The van der Waals surface area contributed by atoms with Crippen molar-refractivity contribution < 1.29 is 9.53 Å². The molecule has 0 aliphatic carbocycles. The summed E-state index contributed by atoms with van der Waals surface area (Å²) in [7, 11) is 0. The summed E-state index contributed by atoms with van der Waals surface area (Å²) in [6, 6.07) is 9.57. The zero-order valence-corrected chi connectivity index (χ0v) is 12.0. The predicted octanol–water partition coefficient (Wildman–Crippen LogP) is 4.26. The molecule has 0 aliphatic heterocycles. The number of benzene rings is 1. The Hall–Kier alpha value is -1.98. The van der Waals surface area contributed by atoms with Gasteiger partial charge in [-0.15, -0.1) is 0 Å². The SMILES string of the molecule is Cc1ccc2cccc(Oc3nc(Cl)c(C=O)s3)c2n1. The van der Waals surface area contributed by atoms with Crippen molar-refractivity contribution in [3.63, 3.8) is 0 Å². The highest BCUT2D eigenvalue weighted by Crippen LogP contribution is 2.33. The highest BCUT2D eigenvalue weighted by molar-refractivity contribution is 7.15. The van der Waals surface area contributed by atoms with Crippen LogP contribution in [0.4, 0.5) is 0 Å². The number of carbonyl (C=O) groups is 1. The molecule has 0 spiro atoms. The van der Waals surface area contributed by atoms with Crippen molar-refractivity contribution in [1.29, 1.82) is 0 Å². The molecule has 100 valence electrons. The predicted molar refractivity (Wildman–Crippen MR) is 79.1 cm³/mol. The number of hydrogen-bond donors (Lipinski definition) is 0. The molecule has 0 aliphatic rings. The lowest BCUT2D eigenvalue weighted by molar-refractivity contribution is 0.112. The van der Waals surface area contributed by atoms with Crippen LogP contribution in [0.25, 0.3) is 10.9 Å². The van der Waals surface area contributed by atoms with Gasteiger partial charge in [0.15, 0.2) is 17.2 Å². The van der Waals surface area contributed by atoms with E-state index in [1.165, 1.54) is 0 Å². The minimum atomic E-state index is 0.157. The fraction of sp³-hybridized carbons (Fsp3) is 0.0714. The van der Waals surface area contributed by atoms with E-state index < -0.39 is 0 Å². The Balaban J connectivity index is 2.05. The molecule has 0 saturated carbocycles.